The highest BCUT2D eigenvalue weighted by Crippen LogP contribution is 2.17. The van der Waals surface area contributed by atoms with E-state index in [1.165, 1.54) is 19.3 Å². The van der Waals surface area contributed by atoms with Crippen LogP contribution in [-0.4, -0.2) is 38.5 Å². The summed E-state index contributed by atoms with van der Waals surface area (Å²) in [5.41, 5.74) is 0. The summed E-state index contributed by atoms with van der Waals surface area (Å²) in [6.45, 7) is 5.92. The van der Waals surface area contributed by atoms with Crippen molar-refractivity contribution in [2.24, 2.45) is 0 Å². The van der Waals surface area contributed by atoms with Crippen molar-refractivity contribution in [3.8, 4) is 0 Å². The van der Waals surface area contributed by atoms with Gasteiger partial charge in [-0.3, -0.25) is 0 Å². The monoisotopic (exact) mass is 229 g/mol. The topological polar surface area (TPSA) is 30.5 Å². The van der Waals surface area contributed by atoms with Crippen molar-refractivity contribution in [3.63, 3.8) is 0 Å². The molecule has 1 aliphatic rings. The van der Waals surface area contributed by atoms with Crippen LogP contribution in [-0.2, 0) is 9.47 Å². The van der Waals surface area contributed by atoms with Crippen LogP contribution in [0.2, 0.25) is 0 Å². The van der Waals surface area contributed by atoms with Crippen LogP contribution in [0.1, 0.15) is 46.0 Å². The summed E-state index contributed by atoms with van der Waals surface area (Å²) in [5.74, 6) is 0. The van der Waals surface area contributed by atoms with Crippen LogP contribution >= 0.6 is 0 Å². The average molecular weight is 229 g/mol. The van der Waals surface area contributed by atoms with Gasteiger partial charge in [-0.05, 0) is 53.0 Å². The van der Waals surface area contributed by atoms with Crippen LogP contribution in [0.15, 0.2) is 0 Å². The van der Waals surface area contributed by atoms with Crippen molar-refractivity contribution in [2.45, 2.75) is 64.2 Å². The van der Waals surface area contributed by atoms with E-state index in [9.17, 15) is 0 Å². The van der Waals surface area contributed by atoms with Crippen molar-refractivity contribution in [3.05, 3.63) is 0 Å². The zero-order valence-electron chi connectivity index (χ0n) is 11.0. The summed E-state index contributed by atoms with van der Waals surface area (Å²) in [7, 11) is 2.01. The number of nitrogens with one attached hydrogen (secondary N) is 1. The molecule has 0 aliphatic carbocycles. The Morgan fingerprint density at radius 2 is 2.19 bits per heavy atom. The van der Waals surface area contributed by atoms with Gasteiger partial charge in [-0.15, -0.1) is 0 Å². The molecule has 0 aromatic carbocycles. The second kappa shape index (κ2) is 8.04. The van der Waals surface area contributed by atoms with E-state index in [0.29, 0.717) is 18.2 Å². The summed E-state index contributed by atoms with van der Waals surface area (Å²) < 4.78 is 11.4. The Hall–Kier alpha value is -0.120. The smallest absolute Gasteiger partial charge is 0.0622 e. The molecule has 3 heteroatoms. The summed E-state index contributed by atoms with van der Waals surface area (Å²) >= 11 is 0. The molecule has 2 atom stereocenters. The van der Waals surface area contributed by atoms with Crippen molar-refractivity contribution in [2.75, 3.05) is 20.3 Å². The van der Waals surface area contributed by atoms with Crippen LogP contribution in [0.3, 0.4) is 0 Å². The molecule has 1 rings (SSSR count). The van der Waals surface area contributed by atoms with Gasteiger partial charge in [0.2, 0.25) is 0 Å². The lowest BCUT2D eigenvalue weighted by molar-refractivity contribution is 0.00419. The van der Waals surface area contributed by atoms with Gasteiger partial charge in [0, 0.05) is 12.6 Å². The summed E-state index contributed by atoms with van der Waals surface area (Å²) in [5, 5.41) is 3.32. The first kappa shape index (κ1) is 13.9. The number of rotatable bonds is 7. The van der Waals surface area contributed by atoms with Gasteiger partial charge in [0.15, 0.2) is 0 Å². The Balaban J connectivity index is 2.11. The van der Waals surface area contributed by atoms with E-state index in [2.05, 4.69) is 19.2 Å². The maximum atomic E-state index is 5.73. The third kappa shape index (κ3) is 5.83. The van der Waals surface area contributed by atoms with Crippen molar-refractivity contribution in [1.82, 2.24) is 5.32 Å². The van der Waals surface area contributed by atoms with Crippen LogP contribution in [0, 0.1) is 0 Å². The van der Waals surface area contributed by atoms with Gasteiger partial charge in [-0.25, -0.2) is 0 Å². The van der Waals surface area contributed by atoms with Gasteiger partial charge < -0.3 is 14.8 Å². The van der Waals surface area contributed by atoms with Crippen LogP contribution in [0.25, 0.3) is 0 Å². The number of hydrogen-bond acceptors (Lipinski definition) is 3. The molecule has 1 N–H and O–H groups in total. The maximum Gasteiger partial charge on any atom is 0.0622 e. The fraction of sp³-hybridized carbons (Fsp3) is 1.00. The first-order chi connectivity index (χ1) is 7.72. The molecule has 96 valence electrons. The molecule has 1 saturated heterocycles. The van der Waals surface area contributed by atoms with Gasteiger partial charge in [0.25, 0.3) is 0 Å². The first-order valence-electron chi connectivity index (χ1n) is 6.63. The molecule has 1 heterocycles. The van der Waals surface area contributed by atoms with E-state index in [-0.39, 0.29) is 0 Å². The maximum absolute atomic E-state index is 5.73. The van der Waals surface area contributed by atoms with E-state index in [1.807, 2.05) is 7.05 Å². The Morgan fingerprint density at radius 3 is 2.75 bits per heavy atom. The van der Waals surface area contributed by atoms with E-state index in [4.69, 9.17) is 9.47 Å². The molecule has 0 spiro atoms. The molecule has 0 saturated carbocycles. The number of likely N-dealkylation sites (N-methyl/N-ethyl adjacent to an activating group) is 1. The lowest BCUT2D eigenvalue weighted by Crippen LogP contribution is -2.33. The second-order valence-corrected chi connectivity index (χ2v) is 4.93. The molecule has 0 radical (unpaired) electrons. The molecule has 0 amide bonds. The van der Waals surface area contributed by atoms with Crippen molar-refractivity contribution < 1.29 is 9.47 Å². The zero-order chi connectivity index (χ0) is 11.8. The van der Waals surface area contributed by atoms with Gasteiger partial charge in [0.05, 0.1) is 18.8 Å². The highest BCUT2D eigenvalue weighted by Gasteiger charge is 2.16. The molecular formula is C13H27NO2. The van der Waals surface area contributed by atoms with Gasteiger partial charge >= 0.3 is 0 Å². The van der Waals surface area contributed by atoms with Crippen molar-refractivity contribution >= 4 is 0 Å². The van der Waals surface area contributed by atoms with Gasteiger partial charge in [-0.1, -0.05) is 0 Å². The Kier molecular flexibility index (Phi) is 7.01. The molecule has 3 nitrogen and oxygen atoms in total. The quantitative estimate of drug-likeness (QED) is 0.727. The fourth-order valence-electron chi connectivity index (χ4n) is 2.04. The SMILES string of the molecule is CNC(CCC1CCCCO1)COC(C)C. The van der Waals surface area contributed by atoms with Crippen molar-refractivity contribution in [1.29, 1.82) is 0 Å². The minimum atomic E-state index is 0.321. The molecule has 0 aromatic heterocycles. The van der Waals surface area contributed by atoms with E-state index in [1.54, 1.807) is 0 Å². The van der Waals surface area contributed by atoms with Crippen LogP contribution < -0.4 is 5.32 Å². The lowest BCUT2D eigenvalue weighted by atomic mass is 10.0. The van der Waals surface area contributed by atoms with Crippen LogP contribution in [0.5, 0.6) is 0 Å². The predicted molar refractivity (Wildman–Crippen MR) is 66.8 cm³/mol. The third-order valence-corrected chi connectivity index (χ3v) is 3.15. The van der Waals surface area contributed by atoms with Crippen LogP contribution in [0.4, 0.5) is 0 Å². The van der Waals surface area contributed by atoms with E-state index in [0.717, 1.165) is 26.1 Å². The molecule has 1 fully saturated rings. The Labute approximate surface area is 99.9 Å². The Bertz CT molecular complexity index is 167. The summed E-state index contributed by atoms with van der Waals surface area (Å²) in [4.78, 5) is 0. The zero-order valence-corrected chi connectivity index (χ0v) is 11.0. The molecule has 2 unspecified atom stereocenters. The standard InChI is InChI=1S/C13H27NO2/c1-11(2)16-10-12(14-3)7-8-13-6-4-5-9-15-13/h11-14H,4-10H2,1-3H3. The number of ether oxygens (including phenoxy) is 2. The minimum absolute atomic E-state index is 0.321. The molecular weight excluding hydrogens is 202 g/mol. The lowest BCUT2D eigenvalue weighted by Gasteiger charge is -2.25. The highest BCUT2D eigenvalue weighted by atomic mass is 16.5. The normalized spacial score (nSPS) is 23.6. The van der Waals surface area contributed by atoms with E-state index >= 15 is 0 Å². The summed E-state index contributed by atoms with van der Waals surface area (Å²) in [6.07, 6.45) is 6.92. The second-order valence-electron chi connectivity index (χ2n) is 4.93. The van der Waals surface area contributed by atoms with Gasteiger partial charge in [0.1, 0.15) is 0 Å². The Morgan fingerprint density at radius 1 is 1.38 bits per heavy atom. The average Bonchev–Trinajstić information content (AvgIpc) is 2.30. The van der Waals surface area contributed by atoms with E-state index < -0.39 is 0 Å². The molecule has 0 bridgehead atoms. The number of hydrogen-bond donors (Lipinski definition) is 1. The minimum Gasteiger partial charge on any atom is -0.378 e. The summed E-state index contributed by atoms with van der Waals surface area (Å²) in [6, 6.07) is 0.466. The largest absolute Gasteiger partial charge is 0.378 e. The molecule has 0 aromatic rings. The highest BCUT2D eigenvalue weighted by molar-refractivity contribution is 4.70. The molecule has 16 heavy (non-hydrogen) atoms. The predicted octanol–water partition coefficient (Wildman–Crippen LogP) is 2.35. The third-order valence-electron chi connectivity index (χ3n) is 3.15. The fourth-order valence-corrected chi connectivity index (χ4v) is 2.04. The molecule has 1 aliphatic heterocycles. The van der Waals surface area contributed by atoms with Gasteiger partial charge in [-0.2, -0.15) is 0 Å². The first-order valence-corrected chi connectivity index (χ1v) is 6.63.